The molecular formula is C19H19N5OS. The number of rotatable bonds is 2. The average Bonchev–Trinajstić information content (AvgIpc) is 2.92. The van der Waals surface area contributed by atoms with Crippen molar-refractivity contribution >= 4 is 23.3 Å². The molecule has 2 aliphatic rings. The standard InChI is InChI=1S/C19H19N5OS/c25-24-16(10-12-4-8-26-9-5-12)23-17-13-3-7-20-11-15(13)22-19-14(18(17)24)2-1-6-21-19/h1-3,6-7,11-12,25H,4-5,8-10H2,(H,21,22). The number of hydrogen-bond acceptors (Lipinski definition) is 6. The van der Waals surface area contributed by atoms with Gasteiger partial charge in [0, 0.05) is 29.9 Å². The quantitative estimate of drug-likeness (QED) is 0.523. The van der Waals surface area contributed by atoms with E-state index in [1.807, 2.05) is 30.0 Å². The van der Waals surface area contributed by atoms with Crippen LogP contribution in [0.5, 0.6) is 0 Å². The second kappa shape index (κ2) is 6.32. The Morgan fingerprint density at radius 2 is 2.08 bits per heavy atom. The zero-order valence-corrected chi connectivity index (χ0v) is 15.0. The Morgan fingerprint density at radius 3 is 2.96 bits per heavy atom. The van der Waals surface area contributed by atoms with E-state index in [2.05, 4.69) is 15.3 Å². The molecule has 132 valence electrons. The number of thioether (sulfide) groups is 1. The fraction of sp³-hybridized carbons (Fsp3) is 0.316. The normalized spacial score (nSPS) is 16.2. The van der Waals surface area contributed by atoms with Crippen molar-refractivity contribution in [2.45, 2.75) is 19.3 Å². The van der Waals surface area contributed by atoms with Gasteiger partial charge in [-0.3, -0.25) is 4.98 Å². The Balaban J connectivity index is 1.67. The van der Waals surface area contributed by atoms with E-state index in [1.54, 1.807) is 18.6 Å². The van der Waals surface area contributed by atoms with Gasteiger partial charge in [-0.1, -0.05) is 0 Å². The molecule has 0 amide bonds. The van der Waals surface area contributed by atoms with Gasteiger partial charge in [0.25, 0.3) is 0 Å². The van der Waals surface area contributed by atoms with Gasteiger partial charge in [-0.2, -0.15) is 16.5 Å². The second-order valence-corrected chi connectivity index (χ2v) is 7.97. The van der Waals surface area contributed by atoms with Crippen LogP contribution in [-0.4, -0.2) is 36.4 Å². The van der Waals surface area contributed by atoms with Crippen molar-refractivity contribution in [2.24, 2.45) is 5.92 Å². The minimum Gasteiger partial charge on any atom is -0.427 e. The molecule has 0 bridgehead atoms. The van der Waals surface area contributed by atoms with E-state index in [4.69, 9.17) is 4.98 Å². The Labute approximate surface area is 155 Å². The summed E-state index contributed by atoms with van der Waals surface area (Å²) >= 11 is 2.01. The maximum Gasteiger partial charge on any atom is 0.146 e. The summed E-state index contributed by atoms with van der Waals surface area (Å²) in [5.74, 6) is 4.41. The first-order valence-corrected chi connectivity index (χ1v) is 10.0. The third-order valence-corrected chi connectivity index (χ3v) is 6.17. The summed E-state index contributed by atoms with van der Waals surface area (Å²) in [7, 11) is 0. The highest BCUT2D eigenvalue weighted by atomic mass is 32.2. The molecule has 1 saturated heterocycles. The van der Waals surface area contributed by atoms with Crippen LogP contribution in [0.4, 0.5) is 11.5 Å². The molecule has 3 aromatic heterocycles. The Hall–Kier alpha value is -2.54. The lowest BCUT2D eigenvalue weighted by molar-refractivity contribution is 0.176. The second-order valence-electron chi connectivity index (χ2n) is 6.74. The molecule has 0 atom stereocenters. The Morgan fingerprint density at radius 1 is 1.19 bits per heavy atom. The molecular weight excluding hydrogens is 346 g/mol. The molecule has 0 radical (unpaired) electrons. The molecule has 0 saturated carbocycles. The van der Waals surface area contributed by atoms with Crippen molar-refractivity contribution in [3.8, 4) is 22.5 Å². The lowest BCUT2D eigenvalue weighted by atomic mass is 9.99. The van der Waals surface area contributed by atoms with Crippen LogP contribution in [0.2, 0.25) is 0 Å². The highest BCUT2D eigenvalue weighted by Gasteiger charge is 2.28. The highest BCUT2D eigenvalue weighted by molar-refractivity contribution is 7.99. The zero-order valence-electron chi connectivity index (χ0n) is 14.2. The van der Waals surface area contributed by atoms with E-state index < -0.39 is 0 Å². The van der Waals surface area contributed by atoms with Crippen LogP contribution in [0.3, 0.4) is 0 Å². The molecule has 3 aromatic rings. The Bertz CT molecular complexity index is 964. The first-order valence-electron chi connectivity index (χ1n) is 8.86. The lowest BCUT2D eigenvalue weighted by Gasteiger charge is -2.20. The first kappa shape index (κ1) is 15.7. The van der Waals surface area contributed by atoms with Crippen molar-refractivity contribution in [2.75, 3.05) is 16.8 Å². The molecule has 0 aliphatic carbocycles. The van der Waals surface area contributed by atoms with Gasteiger partial charge in [0.2, 0.25) is 0 Å². The smallest absolute Gasteiger partial charge is 0.146 e. The monoisotopic (exact) mass is 365 g/mol. The average molecular weight is 365 g/mol. The first-order chi connectivity index (χ1) is 12.8. The SMILES string of the molecule is On1c(CC2CCSCC2)nc2c1-c1cccnc1Nc1cnccc1-2. The molecule has 2 aliphatic heterocycles. The molecule has 1 fully saturated rings. The topological polar surface area (TPSA) is 75.9 Å². The van der Waals surface area contributed by atoms with Crippen LogP contribution in [0, 0.1) is 5.92 Å². The fourth-order valence-electron chi connectivity index (χ4n) is 3.75. The van der Waals surface area contributed by atoms with Crippen LogP contribution in [0.1, 0.15) is 18.7 Å². The number of pyridine rings is 2. The lowest BCUT2D eigenvalue weighted by Crippen LogP contribution is -2.15. The maximum atomic E-state index is 11.0. The van der Waals surface area contributed by atoms with Gasteiger partial charge in [-0.15, -0.1) is 0 Å². The van der Waals surface area contributed by atoms with Gasteiger partial charge in [-0.05, 0) is 48.5 Å². The van der Waals surface area contributed by atoms with E-state index in [-0.39, 0.29) is 0 Å². The highest BCUT2D eigenvalue weighted by Crippen LogP contribution is 2.43. The minimum absolute atomic E-state index is 0.580. The van der Waals surface area contributed by atoms with Crippen LogP contribution in [0.25, 0.3) is 22.5 Å². The summed E-state index contributed by atoms with van der Waals surface area (Å²) in [6, 6.07) is 5.77. The van der Waals surface area contributed by atoms with E-state index >= 15 is 0 Å². The van der Waals surface area contributed by atoms with E-state index in [1.165, 1.54) is 29.1 Å². The van der Waals surface area contributed by atoms with Gasteiger partial charge >= 0.3 is 0 Å². The number of nitrogens with one attached hydrogen (secondary N) is 1. The molecule has 5 heterocycles. The number of anilines is 2. The summed E-state index contributed by atoms with van der Waals surface area (Å²) < 4.78 is 1.27. The van der Waals surface area contributed by atoms with Gasteiger partial charge < -0.3 is 10.5 Å². The summed E-state index contributed by atoms with van der Waals surface area (Å²) in [5, 5.41) is 14.3. The number of hydrogen-bond donors (Lipinski definition) is 2. The number of nitrogens with zero attached hydrogens (tertiary/aromatic N) is 4. The molecule has 5 rings (SSSR count). The van der Waals surface area contributed by atoms with Crippen molar-refractivity contribution in [3.63, 3.8) is 0 Å². The largest absolute Gasteiger partial charge is 0.427 e. The Kier molecular flexibility index (Phi) is 3.81. The molecule has 2 N–H and O–H groups in total. The van der Waals surface area contributed by atoms with E-state index in [9.17, 15) is 5.21 Å². The van der Waals surface area contributed by atoms with E-state index in [0.29, 0.717) is 17.4 Å². The van der Waals surface area contributed by atoms with Crippen LogP contribution < -0.4 is 5.32 Å². The van der Waals surface area contributed by atoms with Crippen molar-refractivity contribution < 1.29 is 5.21 Å². The number of fused-ring (bicyclic) bond motifs is 5. The predicted molar refractivity (Wildman–Crippen MR) is 103 cm³/mol. The summed E-state index contributed by atoms with van der Waals surface area (Å²) in [6.45, 7) is 0. The maximum absolute atomic E-state index is 11.0. The summed E-state index contributed by atoms with van der Waals surface area (Å²) in [5.41, 5.74) is 4.11. The van der Waals surface area contributed by atoms with Crippen LogP contribution >= 0.6 is 11.8 Å². The minimum atomic E-state index is 0.580. The van der Waals surface area contributed by atoms with Gasteiger partial charge in [0.1, 0.15) is 23.0 Å². The number of aromatic nitrogens is 4. The third-order valence-electron chi connectivity index (χ3n) is 5.13. The van der Waals surface area contributed by atoms with Crippen LogP contribution in [0.15, 0.2) is 36.8 Å². The van der Waals surface area contributed by atoms with Gasteiger partial charge in [0.05, 0.1) is 11.9 Å². The van der Waals surface area contributed by atoms with Crippen molar-refractivity contribution in [1.82, 2.24) is 19.7 Å². The van der Waals surface area contributed by atoms with Crippen LogP contribution in [-0.2, 0) is 6.42 Å². The molecule has 26 heavy (non-hydrogen) atoms. The number of imidazole rings is 1. The van der Waals surface area contributed by atoms with Crippen molar-refractivity contribution in [3.05, 3.63) is 42.6 Å². The van der Waals surface area contributed by atoms with Gasteiger partial charge in [0.15, 0.2) is 0 Å². The molecule has 0 spiro atoms. The third kappa shape index (κ3) is 2.54. The molecule has 0 unspecified atom stereocenters. The molecule has 6 nitrogen and oxygen atoms in total. The molecule has 7 heteroatoms. The summed E-state index contributed by atoms with van der Waals surface area (Å²) in [6.07, 6.45) is 8.43. The predicted octanol–water partition coefficient (Wildman–Crippen LogP) is 3.99. The van der Waals surface area contributed by atoms with E-state index in [0.717, 1.165) is 34.8 Å². The van der Waals surface area contributed by atoms with Gasteiger partial charge in [-0.25, -0.2) is 9.97 Å². The van der Waals surface area contributed by atoms with Crippen molar-refractivity contribution in [1.29, 1.82) is 0 Å². The molecule has 0 aromatic carbocycles. The zero-order chi connectivity index (χ0) is 17.5. The summed E-state index contributed by atoms with van der Waals surface area (Å²) in [4.78, 5) is 13.5. The fourth-order valence-corrected chi connectivity index (χ4v) is 4.96.